The van der Waals surface area contributed by atoms with Gasteiger partial charge in [0.2, 0.25) is 0 Å². The van der Waals surface area contributed by atoms with Gasteiger partial charge in [0.1, 0.15) is 5.78 Å². The smallest absolute Gasteiger partial charge is 0.134 e. The van der Waals surface area contributed by atoms with Crippen LogP contribution in [0.3, 0.4) is 0 Å². The van der Waals surface area contributed by atoms with Crippen molar-refractivity contribution >= 4 is 23.1 Å². The summed E-state index contributed by atoms with van der Waals surface area (Å²) in [4.78, 5) is 11.0. The molecule has 0 heterocycles. The monoisotopic (exact) mass is 273 g/mol. The van der Waals surface area contributed by atoms with E-state index in [0.29, 0.717) is 6.42 Å². The SMILES string of the molecule is CC(=O)Cc1ccc(NCc2ccc(Cl)cc2)cc1. The first kappa shape index (κ1) is 13.6. The topological polar surface area (TPSA) is 29.1 Å². The van der Waals surface area contributed by atoms with Crippen LogP contribution in [-0.2, 0) is 17.8 Å². The Morgan fingerprint density at radius 2 is 1.58 bits per heavy atom. The lowest BCUT2D eigenvalue weighted by Gasteiger charge is -2.07. The zero-order chi connectivity index (χ0) is 13.7. The lowest BCUT2D eigenvalue weighted by molar-refractivity contribution is -0.116. The third-order valence-corrected chi connectivity index (χ3v) is 3.07. The summed E-state index contributed by atoms with van der Waals surface area (Å²) >= 11 is 5.84. The molecule has 98 valence electrons. The van der Waals surface area contributed by atoms with E-state index in [0.717, 1.165) is 22.8 Å². The quantitative estimate of drug-likeness (QED) is 0.889. The van der Waals surface area contributed by atoms with Crippen LogP contribution in [-0.4, -0.2) is 5.78 Å². The number of rotatable bonds is 5. The van der Waals surface area contributed by atoms with E-state index in [1.54, 1.807) is 6.92 Å². The highest BCUT2D eigenvalue weighted by Crippen LogP contribution is 2.13. The number of nitrogens with one attached hydrogen (secondary N) is 1. The second-order valence-electron chi connectivity index (χ2n) is 4.56. The number of benzene rings is 2. The molecule has 0 spiro atoms. The van der Waals surface area contributed by atoms with Crippen LogP contribution >= 0.6 is 11.6 Å². The number of hydrogen-bond donors (Lipinski definition) is 1. The van der Waals surface area contributed by atoms with E-state index < -0.39 is 0 Å². The van der Waals surface area contributed by atoms with Crippen LogP contribution in [0.2, 0.25) is 5.02 Å². The van der Waals surface area contributed by atoms with Crippen LogP contribution in [0.15, 0.2) is 48.5 Å². The van der Waals surface area contributed by atoms with Gasteiger partial charge in [-0.3, -0.25) is 4.79 Å². The van der Waals surface area contributed by atoms with E-state index in [4.69, 9.17) is 11.6 Å². The lowest BCUT2D eigenvalue weighted by Crippen LogP contribution is -2.00. The second kappa shape index (κ2) is 6.39. The number of hydrogen-bond acceptors (Lipinski definition) is 2. The van der Waals surface area contributed by atoms with Gasteiger partial charge in [-0.2, -0.15) is 0 Å². The lowest BCUT2D eigenvalue weighted by atomic mass is 10.1. The van der Waals surface area contributed by atoms with E-state index in [1.807, 2.05) is 48.5 Å². The van der Waals surface area contributed by atoms with Crippen molar-refractivity contribution in [2.24, 2.45) is 0 Å². The zero-order valence-corrected chi connectivity index (χ0v) is 11.6. The van der Waals surface area contributed by atoms with Crippen LogP contribution in [0, 0.1) is 0 Å². The standard InChI is InChI=1S/C16H16ClNO/c1-12(19)10-13-4-8-16(9-5-13)18-11-14-2-6-15(17)7-3-14/h2-9,18H,10-11H2,1H3. The van der Waals surface area contributed by atoms with E-state index in [-0.39, 0.29) is 5.78 Å². The fraction of sp³-hybridized carbons (Fsp3) is 0.188. The maximum Gasteiger partial charge on any atom is 0.134 e. The van der Waals surface area contributed by atoms with Gasteiger partial charge < -0.3 is 5.32 Å². The summed E-state index contributed by atoms with van der Waals surface area (Å²) in [7, 11) is 0. The van der Waals surface area contributed by atoms with E-state index in [9.17, 15) is 4.79 Å². The van der Waals surface area contributed by atoms with Crippen LogP contribution < -0.4 is 5.32 Å². The van der Waals surface area contributed by atoms with Gasteiger partial charge in [-0.1, -0.05) is 35.9 Å². The van der Waals surface area contributed by atoms with E-state index in [2.05, 4.69) is 5.32 Å². The Morgan fingerprint density at radius 3 is 2.16 bits per heavy atom. The molecule has 0 radical (unpaired) electrons. The Balaban J connectivity index is 1.92. The molecule has 0 amide bonds. The fourth-order valence-corrected chi connectivity index (χ4v) is 1.96. The molecule has 0 atom stereocenters. The Labute approximate surface area is 118 Å². The predicted molar refractivity (Wildman–Crippen MR) is 79.6 cm³/mol. The molecule has 0 aliphatic carbocycles. The molecule has 0 saturated heterocycles. The number of carbonyl (C=O) groups is 1. The third-order valence-electron chi connectivity index (χ3n) is 2.82. The van der Waals surface area contributed by atoms with Crippen molar-refractivity contribution in [3.63, 3.8) is 0 Å². The minimum Gasteiger partial charge on any atom is -0.381 e. The Kier molecular flexibility index (Phi) is 4.58. The van der Waals surface area contributed by atoms with Crippen molar-refractivity contribution in [2.75, 3.05) is 5.32 Å². The van der Waals surface area contributed by atoms with Gasteiger partial charge in [-0.15, -0.1) is 0 Å². The summed E-state index contributed by atoms with van der Waals surface area (Å²) in [5.74, 6) is 0.182. The van der Waals surface area contributed by atoms with Crippen LogP contribution in [0.4, 0.5) is 5.69 Å². The van der Waals surface area contributed by atoms with Gasteiger partial charge in [0.05, 0.1) is 0 Å². The highest BCUT2D eigenvalue weighted by molar-refractivity contribution is 6.30. The van der Waals surface area contributed by atoms with Crippen molar-refractivity contribution in [3.8, 4) is 0 Å². The number of halogens is 1. The van der Waals surface area contributed by atoms with Gasteiger partial charge in [0, 0.05) is 23.7 Å². The van der Waals surface area contributed by atoms with Gasteiger partial charge >= 0.3 is 0 Å². The first-order valence-corrected chi connectivity index (χ1v) is 6.58. The minimum atomic E-state index is 0.182. The molecule has 0 aliphatic rings. The van der Waals surface area contributed by atoms with Gasteiger partial charge in [-0.05, 0) is 42.3 Å². The number of Topliss-reactive ketones (excluding diaryl/α,β-unsaturated/α-hetero) is 1. The Hall–Kier alpha value is -1.80. The third kappa shape index (κ3) is 4.42. The Morgan fingerprint density at radius 1 is 1.00 bits per heavy atom. The first-order valence-electron chi connectivity index (χ1n) is 6.20. The van der Waals surface area contributed by atoms with E-state index in [1.165, 1.54) is 5.56 Å². The fourth-order valence-electron chi connectivity index (χ4n) is 1.83. The number of ketones is 1. The normalized spacial score (nSPS) is 10.2. The molecule has 1 N–H and O–H groups in total. The highest BCUT2D eigenvalue weighted by Gasteiger charge is 1.98. The Bertz CT molecular complexity index is 546. The van der Waals surface area contributed by atoms with Crippen LogP contribution in [0.25, 0.3) is 0 Å². The summed E-state index contributed by atoms with van der Waals surface area (Å²) in [5.41, 5.74) is 3.27. The number of anilines is 1. The average Bonchev–Trinajstić information content (AvgIpc) is 2.39. The molecular weight excluding hydrogens is 258 g/mol. The zero-order valence-electron chi connectivity index (χ0n) is 10.8. The molecule has 2 rings (SSSR count). The molecule has 0 aromatic heterocycles. The van der Waals surface area contributed by atoms with Crippen molar-refractivity contribution in [1.82, 2.24) is 0 Å². The molecule has 0 saturated carbocycles. The van der Waals surface area contributed by atoms with Gasteiger partial charge in [0.25, 0.3) is 0 Å². The molecule has 0 unspecified atom stereocenters. The molecule has 0 fully saturated rings. The summed E-state index contributed by atoms with van der Waals surface area (Å²) in [5, 5.41) is 4.08. The predicted octanol–water partition coefficient (Wildman–Crippen LogP) is 4.08. The van der Waals surface area contributed by atoms with E-state index >= 15 is 0 Å². The van der Waals surface area contributed by atoms with Crippen molar-refractivity contribution in [2.45, 2.75) is 19.9 Å². The molecule has 3 heteroatoms. The summed E-state index contributed by atoms with van der Waals surface area (Å²) in [6.45, 7) is 2.36. The van der Waals surface area contributed by atoms with Gasteiger partial charge in [-0.25, -0.2) is 0 Å². The van der Waals surface area contributed by atoms with Crippen molar-refractivity contribution in [1.29, 1.82) is 0 Å². The highest BCUT2D eigenvalue weighted by atomic mass is 35.5. The van der Waals surface area contributed by atoms with Crippen LogP contribution in [0.1, 0.15) is 18.1 Å². The maximum atomic E-state index is 11.0. The molecule has 0 bridgehead atoms. The second-order valence-corrected chi connectivity index (χ2v) is 4.99. The molecule has 2 nitrogen and oxygen atoms in total. The summed E-state index contributed by atoms with van der Waals surface area (Å²) < 4.78 is 0. The summed E-state index contributed by atoms with van der Waals surface area (Å²) in [6.07, 6.45) is 0.497. The first-order chi connectivity index (χ1) is 9.13. The summed E-state index contributed by atoms with van der Waals surface area (Å²) in [6, 6.07) is 15.7. The molecule has 2 aromatic carbocycles. The number of carbonyl (C=O) groups excluding carboxylic acids is 1. The molecule has 19 heavy (non-hydrogen) atoms. The maximum absolute atomic E-state index is 11.0. The van der Waals surface area contributed by atoms with Crippen molar-refractivity contribution < 1.29 is 4.79 Å². The molecule has 2 aromatic rings. The largest absolute Gasteiger partial charge is 0.381 e. The molecular formula is C16H16ClNO. The van der Waals surface area contributed by atoms with Crippen LogP contribution in [0.5, 0.6) is 0 Å². The molecule has 0 aliphatic heterocycles. The van der Waals surface area contributed by atoms with Crippen molar-refractivity contribution in [3.05, 3.63) is 64.7 Å². The minimum absolute atomic E-state index is 0.182. The van der Waals surface area contributed by atoms with Gasteiger partial charge in [0.15, 0.2) is 0 Å². The average molecular weight is 274 g/mol.